The molecular formula is C20H32N6O5S. The number of rotatable bonds is 11. The van der Waals surface area contributed by atoms with Crippen molar-refractivity contribution >= 4 is 36.3 Å². The molecule has 0 aliphatic carbocycles. The lowest BCUT2D eigenvalue weighted by Crippen LogP contribution is -2.58. The molecule has 2 heterocycles. The molecule has 178 valence electrons. The Kier molecular flexibility index (Phi) is 9.51. The fourth-order valence-corrected chi connectivity index (χ4v) is 3.76. The number of aromatic amines is 1. The highest BCUT2D eigenvalue weighted by molar-refractivity contribution is 7.80. The van der Waals surface area contributed by atoms with Crippen molar-refractivity contribution in [3.05, 3.63) is 18.2 Å². The molecule has 2 rings (SSSR count). The molecule has 0 spiro atoms. The van der Waals surface area contributed by atoms with Crippen LogP contribution >= 0.6 is 12.6 Å². The molecule has 12 heteroatoms. The molecule has 3 amide bonds. The van der Waals surface area contributed by atoms with E-state index < -0.39 is 42.0 Å². The zero-order valence-corrected chi connectivity index (χ0v) is 19.2. The second-order valence-corrected chi connectivity index (χ2v) is 8.40. The predicted molar refractivity (Wildman–Crippen MR) is 120 cm³/mol. The number of nitrogens with one attached hydrogen (secondary N) is 3. The first kappa shape index (κ1) is 25.7. The number of carbonyl (C=O) groups excluding carboxylic acids is 3. The van der Waals surface area contributed by atoms with Gasteiger partial charge in [-0.2, -0.15) is 12.6 Å². The number of hydrogen-bond donors (Lipinski definition) is 6. The number of aromatic nitrogens is 2. The highest BCUT2D eigenvalue weighted by atomic mass is 32.1. The van der Waals surface area contributed by atoms with Gasteiger partial charge in [0.25, 0.3) is 0 Å². The Bertz CT molecular complexity index is 804. The van der Waals surface area contributed by atoms with Crippen LogP contribution in [0.5, 0.6) is 0 Å². The van der Waals surface area contributed by atoms with Gasteiger partial charge in [-0.3, -0.25) is 14.4 Å². The van der Waals surface area contributed by atoms with Crippen molar-refractivity contribution in [1.29, 1.82) is 0 Å². The fraction of sp³-hybridized carbons (Fsp3) is 0.650. The largest absolute Gasteiger partial charge is 0.480 e. The van der Waals surface area contributed by atoms with Gasteiger partial charge < -0.3 is 31.4 Å². The number of H-pyrrole nitrogens is 1. The number of imidazole rings is 1. The number of aliphatic carboxylic acids is 1. The van der Waals surface area contributed by atoms with E-state index in [0.717, 1.165) is 0 Å². The maximum absolute atomic E-state index is 13.3. The van der Waals surface area contributed by atoms with Gasteiger partial charge in [-0.15, -0.1) is 0 Å². The summed E-state index contributed by atoms with van der Waals surface area (Å²) in [5, 5.41) is 14.7. The number of carboxylic acids is 1. The van der Waals surface area contributed by atoms with Crippen LogP contribution in [0.1, 0.15) is 38.8 Å². The zero-order valence-electron chi connectivity index (χ0n) is 18.3. The van der Waals surface area contributed by atoms with Crippen molar-refractivity contribution in [2.24, 2.45) is 11.7 Å². The summed E-state index contributed by atoms with van der Waals surface area (Å²) in [5.41, 5.74) is 6.30. The van der Waals surface area contributed by atoms with Gasteiger partial charge in [0.1, 0.15) is 18.1 Å². The molecule has 0 radical (unpaired) electrons. The second kappa shape index (κ2) is 11.9. The molecule has 32 heavy (non-hydrogen) atoms. The molecule has 5 atom stereocenters. The molecule has 0 saturated carbocycles. The second-order valence-electron chi connectivity index (χ2n) is 8.03. The molecule has 0 aromatic carbocycles. The van der Waals surface area contributed by atoms with Crippen LogP contribution in [-0.4, -0.2) is 80.1 Å². The molecule has 1 aromatic heterocycles. The quantitative estimate of drug-likeness (QED) is 0.233. The minimum absolute atomic E-state index is 0.0366. The maximum atomic E-state index is 13.3. The van der Waals surface area contributed by atoms with Crippen LogP contribution < -0.4 is 16.4 Å². The highest BCUT2D eigenvalue weighted by Gasteiger charge is 2.40. The third-order valence-electron chi connectivity index (χ3n) is 5.74. The van der Waals surface area contributed by atoms with Crippen LogP contribution in [0, 0.1) is 5.92 Å². The summed E-state index contributed by atoms with van der Waals surface area (Å²) in [4.78, 5) is 58.3. The highest BCUT2D eigenvalue weighted by Crippen LogP contribution is 2.22. The summed E-state index contributed by atoms with van der Waals surface area (Å²) in [6.45, 7) is 4.08. The van der Waals surface area contributed by atoms with E-state index in [1.807, 2.05) is 13.8 Å². The van der Waals surface area contributed by atoms with E-state index in [-0.39, 0.29) is 24.0 Å². The van der Waals surface area contributed by atoms with Crippen LogP contribution in [0.4, 0.5) is 0 Å². The third-order valence-corrected chi connectivity index (χ3v) is 6.14. The van der Waals surface area contributed by atoms with Crippen molar-refractivity contribution in [3.8, 4) is 0 Å². The lowest BCUT2D eigenvalue weighted by atomic mass is 9.97. The van der Waals surface area contributed by atoms with Gasteiger partial charge in [-0.05, 0) is 18.8 Å². The topological polar surface area (TPSA) is 171 Å². The Morgan fingerprint density at radius 3 is 2.66 bits per heavy atom. The monoisotopic (exact) mass is 468 g/mol. The van der Waals surface area contributed by atoms with Gasteiger partial charge in [-0.1, -0.05) is 20.3 Å². The lowest BCUT2D eigenvalue weighted by molar-refractivity contribution is -0.145. The number of hydrogen-bond acceptors (Lipinski definition) is 7. The summed E-state index contributed by atoms with van der Waals surface area (Å²) in [6, 6.07) is -3.67. The van der Waals surface area contributed by atoms with E-state index in [1.165, 1.54) is 17.4 Å². The van der Waals surface area contributed by atoms with Gasteiger partial charge in [0.2, 0.25) is 17.7 Å². The molecule has 5 unspecified atom stereocenters. The Labute approximate surface area is 192 Å². The Balaban J connectivity index is 2.13. The van der Waals surface area contributed by atoms with E-state index >= 15 is 0 Å². The summed E-state index contributed by atoms with van der Waals surface area (Å²) >= 11 is 4.02. The van der Waals surface area contributed by atoms with Crippen LogP contribution in [-0.2, 0) is 25.6 Å². The molecule has 6 N–H and O–H groups in total. The minimum atomic E-state index is -1.19. The Hall–Kier alpha value is -2.60. The van der Waals surface area contributed by atoms with E-state index in [9.17, 15) is 24.3 Å². The maximum Gasteiger partial charge on any atom is 0.326 e. The number of thiol groups is 1. The first-order valence-electron chi connectivity index (χ1n) is 10.7. The molecule has 0 bridgehead atoms. The van der Waals surface area contributed by atoms with Crippen molar-refractivity contribution in [2.45, 2.75) is 63.7 Å². The molecule has 1 aliphatic heterocycles. The molecule has 1 aliphatic rings. The van der Waals surface area contributed by atoms with Gasteiger partial charge in [-0.25, -0.2) is 9.78 Å². The number of nitrogens with zero attached hydrogens (tertiary/aromatic N) is 2. The molecule has 11 nitrogen and oxygen atoms in total. The van der Waals surface area contributed by atoms with Crippen LogP contribution in [0.3, 0.4) is 0 Å². The summed E-state index contributed by atoms with van der Waals surface area (Å²) < 4.78 is 0. The van der Waals surface area contributed by atoms with Gasteiger partial charge in [0.15, 0.2) is 0 Å². The molecular weight excluding hydrogens is 436 g/mol. The first-order chi connectivity index (χ1) is 15.2. The number of likely N-dealkylation sites (tertiary alicyclic amines) is 1. The van der Waals surface area contributed by atoms with Gasteiger partial charge in [0, 0.05) is 30.6 Å². The number of amides is 3. The Morgan fingerprint density at radius 1 is 1.38 bits per heavy atom. The smallest absolute Gasteiger partial charge is 0.326 e. The summed E-state index contributed by atoms with van der Waals surface area (Å²) in [7, 11) is 0. The van der Waals surface area contributed by atoms with Crippen LogP contribution in [0.2, 0.25) is 0 Å². The molecule has 1 saturated heterocycles. The van der Waals surface area contributed by atoms with Crippen molar-refractivity contribution in [2.75, 3.05) is 12.3 Å². The molecule has 1 fully saturated rings. The number of nitrogens with two attached hydrogens (primary N) is 1. The lowest BCUT2D eigenvalue weighted by Gasteiger charge is -2.32. The predicted octanol–water partition coefficient (Wildman–Crippen LogP) is -0.699. The van der Waals surface area contributed by atoms with Gasteiger partial charge in [0.05, 0.1) is 12.4 Å². The van der Waals surface area contributed by atoms with E-state index in [0.29, 0.717) is 31.5 Å². The SMILES string of the molecule is CCC(C)C(NC(=O)C(N)CS)C(=O)N1CCCC1C(=O)NC(Cc1cnc[nH]1)C(=O)O. The zero-order chi connectivity index (χ0) is 23.8. The first-order valence-corrected chi connectivity index (χ1v) is 11.3. The van der Waals surface area contributed by atoms with Crippen LogP contribution in [0.15, 0.2) is 12.5 Å². The average molecular weight is 469 g/mol. The molecule has 1 aromatic rings. The van der Waals surface area contributed by atoms with E-state index in [4.69, 9.17) is 5.73 Å². The number of carbonyl (C=O) groups is 4. The third kappa shape index (κ3) is 6.45. The van der Waals surface area contributed by atoms with Crippen molar-refractivity contribution in [3.63, 3.8) is 0 Å². The van der Waals surface area contributed by atoms with Crippen LogP contribution in [0.25, 0.3) is 0 Å². The summed E-state index contributed by atoms with van der Waals surface area (Å²) in [6.07, 6.45) is 4.58. The van der Waals surface area contributed by atoms with E-state index in [2.05, 4.69) is 33.2 Å². The number of carboxylic acid groups (broad SMARTS) is 1. The van der Waals surface area contributed by atoms with Crippen molar-refractivity contribution in [1.82, 2.24) is 25.5 Å². The average Bonchev–Trinajstić information content (AvgIpc) is 3.47. The van der Waals surface area contributed by atoms with Gasteiger partial charge >= 0.3 is 5.97 Å². The minimum Gasteiger partial charge on any atom is -0.480 e. The van der Waals surface area contributed by atoms with E-state index in [1.54, 1.807) is 0 Å². The normalized spacial score (nSPS) is 19.6. The fourth-order valence-electron chi connectivity index (χ4n) is 3.59. The van der Waals surface area contributed by atoms with Crippen molar-refractivity contribution < 1.29 is 24.3 Å². The Morgan fingerprint density at radius 2 is 2.09 bits per heavy atom. The standard InChI is InChI=1S/C20H32N6O5S/c1-3-11(2)16(25-17(27)13(21)9-32)19(29)26-6-4-5-15(26)18(28)24-14(20(30)31)7-12-8-22-10-23-12/h8,10-11,13-16,32H,3-7,9,21H2,1-2H3,(H,22,23)(H,24,28)(H,25,27)(H,30,31). The summed E-state index contributed by atoms with van der Waals surface area (Å²) in [5.74, 6) is -2.63.